The van der Waals surface area contributed by atoms with E-state index < -0.39 is 0 Å². The van der Waals surface area contributed by atoms with Crippen molar-refractivity contribution in [3.63, 3.8) is 0 Å². The summed E-state index contributed by atoms with van der Waals surface area (Å²) in [7, 11) is 1.94. The number of carbonyl (C=O) groups excluding carboxylic acids is 2. The van der Waals surface area contributed by atoms with E-state index in [1.807, 2.05) is 18.0 Å². The molecular formula is C30H50N6O8S. The molecular weight excluding hydrogens is 604 g/mol. The summed E-state index contributed by atoms with van der Waals surface area (Å²) < 4.78 is 21.8. The lowest BCUT2D eigenvalue weighted by Gasteiger charge is -2.34. The maximum atomic E-state index is 12.7. The molecule has 2 aromatic rings. The van der Waals surface area contributed by atoms with E-state index in [4.69, 9.17) is 24.8 Å². The van der Waals surface area contributed by atoms with Crippen molar-refractivity contribution in [2.24, 2.45) is 5.90 Å². The molecule has 1 aromatic carbocycles. The zero-order valence-corrected chi connectivity index (χ0v) is 27.5. The number of aromatic hydroxyl groups is 1. The number of nitrogens with zero attached hydrogens (tertiary/aromatic N) is 2. The summed E-state index contributed by atoms with van der Waals surface area (Å²) in [5.41, 5.74) is 3.09. The smallest absolute Gasteiger partial charge is 0.248 e. The maximum absolute atomic E-state index is 12.7. The van der Waals surface area contributed by atoms with Crippen LogP contribution in [-0.4, -0.2) is 136 Å². The molecule has 254 valence electrons. The predicted octanol–water partition coefficient (Wildman–Crippen LogP) is 0.811. The fourth-order valence-electron chi connectivity index (χ4n) is 4.87. The van der Waals surface area contributed by atoms with E-state index in [-0.39, 0.29) is 30.8 Å². The summed E-state index contributed by atoms with van der Waals surface area (Å²) >= 11 is 1.79. The van der Waals surface area contributed by atoms with Crippen LogP contribution in [0, 0.1) is 0 Å². The number of ether oxygens (including phenoxy) is 4. The van der Waals surface area contributed by atoms with Crippen LogP contribution in [0.5, 0.6) is 5.75 Å². The first-order chi connectivity index (χ1) is 21.8. The van der Waals surface area contributed by atoms with Gasteiger partial charge in [0.05, 0.1) is 56.8 Å². The highest BCUT2D eigenvalue weighted by Gasteiger charge is 2.24. The van der Waals surface area contributed by atoms with Gasteiger partial charge >= 0.3 is 0 Å². The molecule has 2 amide bonds. The normalized spacial score (nSPS) is 14.1. The number of aromatic nitrogens is 1. The van der Waals surface area contributed by atoms with E-state index in [0.29, 0.717) is 90.8 Å². The highest BCUT2D eigenvalue weighted by atomic mass is 32.2. The van der Waals surface area contributed by atoms with Gasteiger partial charge in [-0.1, -0.05) is 13.8 Å². The van der Waals surface area contributed by atoms with Crippen LogP contribution < -0.4 is 16.5 Å². The van der Waals surface area contributed by atoms with Gasteiger partial charge < -0.3 is 44.6 Å². The Labute approximate surface area is 269 Å². The van der Waals surface area contributed by atoms with E-state index >= 15 is 0 Å². The molecule has 3 rings (SSSR count). The number of nitrogens with one attached hydrogen (secondary N) is 3. The van der Waals surface area contributed by atoms with Gasteiger partial charge in [-0.15, -0.1) is 11.8 Å². The van der Waals surface area contributed by atoms with Crippen LogP contribution in [0.1, 0.15) is 25.0 Å². The Kier molecular flexibility index (Phi) is 16.9. The Morgan fingerprint density at radius 1 is 0.956 bits per heavy atom. The fraction of sp³-hybridized carbons (Fsp3) is 0.667. The molecule has 0 saturated carbocycles. The fourth-order valence-corrected chi connectivity index (χ4v) is 5.83. The molecule has 1 aliphatic heterocycles. The molecule has 6 N–H and O–H groups in total. The molecule has 1 fully saturated rings. The molecule has 0 bridgehead atoms. The van der Waals surface area contributed by atoms with E-state index in [9.17, 15) is 14.7 Å². The number of piperazine rings is 1. The van der Waals surface area contributed by atoms with Crippen LogP contribution in [0.15, 0.2) is 17.2 Å². The molecule has 0 unspecified atom stereocenters. The second kappa shape index (κ2) is 20.6. The molecule has 0 atom stereocenters. The summed E-state index contributed by atoms with van der Waals surface area (Å²) in [5, 5.41) is 19.3. The highest BCUT2D eigenvalue weighted by Crippen LogP contribution is 2.36. The second-order valence-corrected chi connectivity index (χ2v) is 12.4. The van der Waals surface area contributed by atoms with Crippen LogP contribution in [0.3, 0.4) is 0 Å². The molecule has 0 radical (unpaired) electrons. The van der Waals surface area contributed by atoms with Crippen molar-refractivity contribution in [2.75, 3.05) is 99.2 Å². The predicted molar refractivity (Wildman–Crippen MR) is 172 cm³/mol. The Morgan fingerprint density at radius 3 is 2.22 bits per heavy atom. The Bertz CT molecular complexity index is 1180. The molecule has 14 nitrogen and oxygen atoms in total. The zero-order chi connectivity index (χ0) is 32.4. The van der Waals surface area contributed by atoms with Gasteiger partial charge in [-0.3, -0.25) is 19.3 Å². The molecule has 1 aromatic heterocycles. The van der Waals surface area contributed by atoms with Crippen LogP contribution in [-0.2, 0) is 46.5 Å². The summed E-state index contributed by atoms with van der Waals surface area (Å²) in [5.74, 6) is 4.77. The summed E-state index contributed by atoms with van der Waals surface area (Å²) in [6, 6.07) is 3.78. The van der Waals surface area contributed by atoms with Crippen LogP contribution in [0.4, 0.5) is 0 Å². The first kappa shape index (κ1) is 37.0. The Hall–Kier alpha value is -2.47. The van der Waals surface area contributed by atoms with Crippen LogP contribution in [0.2, 0.25) is 0 Å². The average Bonchev–Trinajstić information content (AvgIpc) is 3.35. The zero-order valence-electron chi connectivity index (χ0n) is 26.7. The lowest BCUT2D eigenvalue weighted by atomic mass is 10.1. The van der Waals surface area contributed by atoms with Gasteiger partial charge in [-0.25, -0.2) is 5.90 Å². The first-order valence-corrected chi connectivity index (χ1v) is 16.3. The molecule has 0 aliphatic carbocycles. The van der Waals surface area contributed by atoms with Gasteiger partial charge in [-0.05, 0) is 19.2 Å². The summed E-state index contributed by atoms with van der Waals surface area (Å²) in [6.07, 6.45) is 0. The van der Waals surface area contributed by atoms with Crippen molar-refractivity contribution in [3.05, 3.63) is 23.3 Å². The standard InChI is InChI=1S/C30H50N6O8S/c1-22(2)45-30-24(18-32-3)23-4-5-26(37)25(29(23)34-30)19-35-7-9-36(10-8-35)28(39)21-43-17-16-42-15-14-41-13-12-40-11-6-33-27(38)20-44-31/h4-5,22,32,34,37H,6-21,31H2,1-3H3,(H,33,38). The number of nitrogens with two attached hydrogens (primary N) is 1. The number of hydrogen-bond donors (Lipinski definition) is 5. The first-order valence-electron chi connectivity index (χ1n) is 15.4. The van der Waals surface area contributed by atoms with Gasteiger partial charge in [0.1, 0.15) is 19.0 Å². The number of thioether (sulfide) groups is 1. The largest absolute Gasteiger partial charge is 0.508 e. The van der Waals surface area contributed by atoms with Crippen molar-refractivity contribution in [1.82, 2.24) is 25.4 Å². The Balaban J connectivity index is 1.27. The summed E-state index contributed by atoms with van der Waals surface area (Å²) in [6.45, 7) is 11.3. The average molecular weight is 655 g/mol. The minimum Gasteiger partial charge on any atom is -0.508 e. The number of benzene rings is 1. The number of carbonyl (C=O) groups is 2. The third-order valence-corrected chi connectivity index (χ3v) is 8.12. The van der Waals surface area contributed by atoms with E-state index in [0.717, 1.165) is 28.0 Å². The number of hydrogen-bond acceptors (Lipinski definition) is 12. The third kappa shape index (κ3) is 12.7. The minimum absolute atomic E-state index is 0.0179. The van der Waals surface area contributed by atoms with Crippen molar-refractivity contribution >= 4 is 34.5 Å². The molecule has 1 saturated heterocycles. The van der Waals surface area contributed by atoms with Gasteiger partial charge in [0.25, 0.3) is 0 Å². The maximum Gasteiger partial charge on any atom is 0.248 e. The molecule has 1 aliphatic rings. The van der Waals surface area contributed by atoms with E-state index in [2.05, 4.69) is 39.2 Å². The number of phenolic OH excluding ortho intramolecular Hbond substituents is 1. The lowest BCUT2D eigenvalue weighted by molar-refractivity contribution is -0.138. The van der Waals surface area contributed by atoms with Gasteiger partial charge in [-0.2, -0.15) is 0 Å². The highest BCUT2D eigenvalue weighted by molar-refractivity contribution is 7.99. The number of H-pyrrole nitrogens is 1. The SMILES string of the molecule is CNCc1c(SC(C)C)[nH]c2c(CN3CCN(C(=O)COCCOCCOCCOCCNC(=O)CON)CC3)c(O)ccc12. The van der Waals surface area contributed by atoms with Gasteiger partial charge in [0.2, 0.25) is 11.8 Å². The molecule has 15 heteroatoms. The molecule has 0 spiro atoms. The number of amides is 2. The number of fused-ring (bicyclic) bond motifs is 1. The monoisotopic (exact) mass is 654 g/mol. The quantitative estimate of drug-likeness (QED) is 0.0688. The van der Waals surface area contributed by atoms with Crippen molar-refractivity contribution < 1.29 is 38.5 Å². The van der Waals surface area contributed by atoms with Crippen molar-refractivity contribution in [1.29, 1.82) is 0 Å². The van der Waals surface area contributed by atoms with Crippen molar-refractivity contribution in [2.45, 2.75) is 37.2 Å². The third-order valence-electron chi connectivity index (χ3n) is 7.06. The van der Waals surface area contributed by atoms with Crippen LogP contribution >= 0.6 is 11.8 Å². The Morgan fingerprint density at radius 2 is 1.60 bits per heavy atom. The lowest BCUT2D eigenvalue weighted by Crippen LogP contribution is -2.49. The number of rotatable bonds is 22. The van der Waals surface area contributed by atoms with Gasteiger partial charge in [0.15, 0.2) is 0 Å². The molecule has 2 heterocycles. The number of aromatic amines is 1. The van der Waals surface area contributed by atoms with E-state index in [1.165, 1.54) is 5.56 Å². The second-order valence-electron chi connectivity index (χ2n) is 10.8. The van der Waals surface area contributed by atoms with Crippen molar-refractivity contribution in [3.8, 4) is 5.75 Å². The van der Waals surface area contributed by atoms with E-state index in [1.54, 1.807) is 17.8 Å². The summed E-state index contributed by atoms with van der Waals surface area (Å²) in [4.78, 5) is 35.7. The van der Waals surface area contributed by atoms with Crippen LogP contribution in [0.25, 0.3) is 10.9 Å². The minimum atomic E-state index is -0.296. The molecule has 45 heavy (non-hydrogen) atoms. The van der Waals surface area contributed by atoms with Gasteiger partial charge in [0, 0.05) is 67.6 Å². The topological polar surface area (TPSA) is 173 Å². The number of phenols is 1.